The first-order chi connectivity index (χ1) is 8.66. The van der Waals surface area contributed by atoms with Crippen molar-refractivity contribution in [1.29, 1.82) is 0 Å². The standard InChI is InChI=1S/C17H27N/c1-13-8-10-16(11-9-13)15(3)18-12-17-7-5-4-6-14(17)2/h8-11,14-15,17-18H,4-7,12H2,1-3H3. The van der Waals surface area contributed by atoms with E-state index in [9.17, 15) is 0 Å². The maximum atomic E-state index is 3.72. The van der Waals surface area contributed by atoms with Crippen molar-refractivity contribution < 1.29 is 0 Å². The Morgan fingerprint density at radius 1 is 1.17 bits per heavy atom. The highest BCUT2D eigenvalue weighted by Gasteiger charge is 2.21. The van der Waals surface area contributed by atoms with E-state index < -0.39 is 0 Å². The maximum absolute atomic E-state index is 3.72. The van der Waals surface area contributed by atoms with Gasteiger partial charge in [-0.25, -0.2) is 0 Å². The van der Waals surface area contributed by atoms with E-state index in [1.165, 1.54) is 43.4 Å². The molecule has 3 atom stereocenters. The van der Waals surface area contributed by atoms with Crippen LogP contribution in [-0.2, 0) is 0 Å². The summed E-state index contributed by atoms with van der Waals surface area (Å²) in [7, 11) is 0. The molecule has 0 aliphatic heterocycles. The smallest absolute Gasteiger partial charge is 0.0291 e. The van der Waals surface area contributed by atoms with Gasteiger partial charge in [-0.2, -0.15) is 0 Å². The minimum atomic E-state index is 0.472. The maximum Gasteiger partial charge on any atom is 0.0291 e. The average Bonchev–Trinajstić information content (AvgIpc) is 2.38. The summed E-state index contributed by atoms with van der Waals surface area (Å²) in [5.74, 6) is 1.78. The lowest BCUT2D eigenvalue weighted by Crippen LogP contribution is -2.31. The van der Waals surface area contributed by atoms with Crippen LogP contribution < -0.4 is 5.32 Å². The zero-order valence-corrected chi connectivity index (χ0v) is 12.1. The number of rotatable bonds is 4. The molecule has 0 amide bonds. The molecule has 1 aromatic rings. The summed E-state index contributed by atoms with van der Waals surface area (Å²) in [4.78, 5) is 0. The SMILES string of the molecule is Cc1ccc(C(C)NCC2CCCCC2C)cc1. The summed E-state index contributed by atoms with van der Waals surface area (Å²) in [6, 6.07) is 9.38. The second-order valence-corrected chi connectivity index (χ2v) is 6.06. The normalized spacial score (nSPS) is 25.9. The summed E-state index contributed by atoms with van der Waals surface area (Å²) >= 11 is 0. The minimum Gasteiger partial charge on any atom is -0.310 e. The van der Waals surface area contributed by atoms with Gasteiger partial charge in [0.2, 0.25) is 0 Å². The highest BCUT2D eigenvalue weighted by Crippen LogP contribution is 2.29. The molecular weight excluding hydrogens is 218 g/mol. The van der Waals surface area contributed by atoms with Gasteiger partial charge in [-0.1, -0.05) is 56.0 Å². The second kappa shape index (κ2) is 6.38. The molecule has 0 spiro atoms. The van der Waals surface area contributed by atoms with Crippen LogP contribution in [0.3, 0.4) is 0 Å². The van der Waals surface area contributed by atoms with Crippen molar-refractivity contribution in [3.8, 4) is 0 Å². The van der Waals surface area contributed by atoms with Gasteiger partial charge in [0.15, 0.2) is 0 Å². The first-order valence-electron chi connectivity index (χ1n) is 7.47. The van der Waals surface area contributed by atoms with Crippen LogP contribution in [0.4, 0.5) is 0 Å². The third-order valence-electron chi connectivity index (χ3n) is 4.55. The number of benzene rings is 1. The molecule has 1 aliphatic carbocycles. The van der Waals surface area contributed by atoms with Gasteiger partial charge in [-0.05, 0) is 44.2 Å². The number of hydrogen-bond acceptors (Lipinski definition) is 1. The molecule has 100 valence electrons. The summed E-state index contributed by atoms with van der Waals surface area (Å²) in [5, 5.41) is 3.72. The van der Waals surface area contributed by atoms with E-state index in [0.29, 0.717) is 6.04 Å². The van der Waals surface area contributed by atoms with E-state index in [1.807, 2.05) is 0 Å². The zero-order chi connectivity index (χ0) is 13.0. The van der Waals surface area contributed by atoms with Gasteiger partial charge in [0.05, 0.1) is 0 Å². The van der Waals surface area contributed by atoms with E-state index in [4.69, 9.17) is 0 Å². The van der Waals surface area contributed by atoms with E-state index in [-0.39, 0.29) is 0 Å². The van der Waals surface area contributed by atoms with Crippen molar-refractivity contribution in [3.63, 3.8) is 0 Å². The molecule has 0 heterocycles. The van der Waals surface area contributed by atoms with E-state index >= 15 is 0 Å². The lowest BCUT2D eigenvalue weighted by molar-refractivity contribution is 0.242. The van der Waals surface area contributed by atoms with Crippen LogP contribution in [0.5, 0.6) is 0 Å². The van der Waals surface area contributed by atoms with Gasteiger partial charge in [0.1, 0.15) is 0 Å². The molecule has 1 aliphatic rings. The monoisotopic (exact) mass is 245 g/mol. The average molecular weight is 245 g/mol. The first-order valence-corrected chi connectivity index (χ1v) is 7.47. The van der Waals surface area contributed by atoms with E-state index in [0.717, 1.165) is 11.8 Å². The highest BCUT2D eigenvalue weighted by molar-refractivity contribution is 5.23. The van der Waals surface area contributed by atoms with Gasteiger partial charge in [0.25, 0.3) is 0 Å². The molecule has 3 unspecified atom stereocenters. The molecule has 2 rings (SSSR count). The zero-order valence-electron chi connectivity index (χ0n) is 12.1. The summed E-state index contributed by atoms with van der Waals surface area (Å²) in [5.41, 5.74) is 2.75. The largest absolute Gasteiger partial charge is 0.310 e. The molecular formula is C17H27N. The molecule has 1 aromatic carbocycles. The molecule has 0 bridgehead atoms. The van der Waals surface area contributed by atoms with Crippen molar-refractivity contribution in [3.05, 3.63) is 35.4 Å². The number of aryl methyl sites for hydroxylation is 1. The van der Waals surface area contributed by atoms with Crippen LogP contribution in [0, 0.1) is 18.8 Å². The Kier molecular flexibility index (Phi) is 4.82. The fraction of sp³-hybridized carbons (Fsp3) is 0.647. The highest BCUT2D eigenvalue weighted by atomic mass is 14.9. The first kappa shape index (κ1) is 13.6. The Morgan fingerprint density at radius 2 is 1.83 bits per heavy atom. The Hall–Kier alpha value is -0.820. The quantitative estimate of drug-likeness (QED) is 0.825. The fourth-order valence-electron chi connectivity index (χ4n) is 3.00. The van der Waals surface area contributed by atoms with Crippen LogP contribution >= 0.6 is 0 Å². The summed E-state index contributed by atoms with van der Waals surface area (Å²) < 4.78 is 0. The number of hydrogen-bond donors (Lipinski definition) is 1. The van der Waals surface area contributed by atoms with Gasteiger partial charge >= 0.3 is 0 Å². The third-order valence-corrected chi connectivity index (χ3v) is 4.55. The Labute approximate surface area is 112 Å². The molecule has 1 fully saturated rings. The lowest BCUT2D eigenvalue weighted by atomic mass is 9.80. The van der Waals surface area contributed by atoms with Crippen LogP contribution in [0.2, 0.25) is 0 Å². The molecule has 0 radical (unpaired) electrons. The Balaban J connectivity index is 1.83. The molecule has 0 aromatic heterocycles. The van der Waals surface area contributed by atoms with E-state index in [2.05, 4.69) is 50.4 Å². The third kappa shape index (κ3) is 3.58. The Bertz CT molecular complexity index is 354. The van der Waals surface area contributed by atoms with Crippen molar-refractivity contribution in [2.75, 3.05) is 6.54 Å². The van der Waals surface area contributed by atoms with Crippen LogP contribution in [0.15, 0.2) is 24.3 Å². The van der Waals surface area contributed by atoms with Crippen molar-refractivity contribution >= 4 is 0 Å². The molecule has 1 saturated carbocycles. The summed E-state index contributed by atoms with van der Waals surface area (Å²) in [6.07, 6.45) is 5.70. The molecule has 1 nitrogen and oxygen atoms in total. The second-order valence-electron chi connectivity index (χ2n) is 6.06. The Morgan fingerprint density at radius 3 is 2.50 bits per heavy atom. The predicted molar refractivity (Wildman–Crippen MR) is 78.7 cm³/mol. The van der Waals surface area contributed by atoms with Crippen molar-refractivity contribution in [2.24, 2.45) is 11.8 Å². The van der Waals surface area contributed by atoms with Gasteiger partial charge in [0, 0.05) is 6.04 Å². The number of nitrogens with one attached hydrogen (secondary N) is 1. The van der Waals surface area contributed by atoms with Gasteiger partial charge in [-0.15, -0.1) is 0 Å². The fourth-order valence-corrected chi connectivity index (χ4v) is 3.00. The van der Waals surface area contributed by atoms with Crippen molar-refractivity contribution in [2.45, 2.75) is 52.5 Å². The predicted octanol–water partition coefficient (Wildman–Crippen LogP) is 4.47. The molecule has 18 heavy (non-hydrogen) atoms. The van der Waals surface area contributed by atoms with E-state index in [1.54, 1.807) is 0 Å². The topological polar surface area (TPSA) is 12.0 Å². The van der Waals surface area contributed by atoms with Crippen LogP contribution in [-0.4, -0.2) is 6.54 Å². The van der Waals surface area contributed by atoms with Gasteiger partial charge < -0.3 is 5.32 Å². The minimum absolute atomic E-state index is 0.472. The molecule has 1 heteroatoms. The molecule has 1 N–H and O–H groups in total. The van der Waals surface area contributed by atoms with Crippen molar-refractivity contribution in [1.82, 2.24) is 5.32 Å². The molecule has 0 saturated heterocycles. The van der Waals surface area contributed by atoms with Crippen LogP contribution in [0.1, 0.15) is 56.7 Å². The van der Waals surface area contributed by atoms with Crippen LogP contribution in [0.25, 0.3) is 0 Å². The summed E-state index contributed by atoms with van der Waals surface area (Å²) in [6.45, 7) is 8.02. The van der Waals surface area contributed by atoms with Gasteiger partial charge in [-0.3, -0.25) is 0 Å². The lowest BCUT2D eigenvalue weighted by Gasteiger charge is -2.30.